The van der Waals surface area contributed by atoms with Crippen LogP contribution in [0.3, 0.4) is 0 Å². The van der Waals surface area contributed by atoms with Crippen LogP contribution in [0.1, 0.15) is 0 Å². The highest BCUT2D eigenvalue weighted by atomic mass is 35.5. The van der Waals surface area contributed by atoms with Crippen LogP contribution in [0.4, 0.5) is 5.69 Å². The zero-order chi connectivity index (χ0) is 13.1. The number of ether oxygens (including phenoxy) is 1. The maximum atomic E-state index is 11.7. The lowest BCUT2D eigenvalue weighted by Crippen LogP contribution is -2.44. The smallest absolute Gasteiger partial charge is 0.263 e. The molecule has 0 saturated heterocycles. The van der Waals surface area contributed by atoms with E-state index in [0.717, 1.165) is 5.69 Å². The highest BCUT2D eigenvalue weighted by molar-refractivity contribution is 6.42. The molecule has 1 aliphatic heterocycles. The van der Waals surface area contributed by atoms with E-state index in [2.05, 4.69) is 17.2 Å². The molecule has 1 atom stereocenters. The molecule has 0 saturated carbocycles. The van der Waals surface area contributed by atoms with Crippen LogP contribution in [0.25, 0.3) is 0 Å². The van der Waals surface area contributed by atoms with Crippen LogP contribution in [-0.4, -0.2) is 25.1 Å². The summed E-state index contributed by atoms with van der Waals surface area (Å²) in [6.45, 7) is 4.32. The van der Waals surface area contributed by atoms with Gasteiger partial charge in [-0.2, -0.15) is 0 Å². The Bertz CT molecular complexity index is 491. The maximum absolute atomic E-state index is 11.7. The molecular formula is C12H12Cl2N2O2. The number of anilines is 1. The minimum atomic E-state index is -0.588. The fraction of sp³-hybridized carbons (Fsp3) is 0.250. The molecule has 1 aromatic rings. The number of benzene rings is 1. The summed E-state index contributed by atoms with van der Waals surface area (Å²) >= 11 is 11.8. The molecule has 0 fully saturated rings. The number of hydrogen-bond acceptors (Lipinski definition) is 3. The number of carbonyl (C=O) groups excluding carboxylic acids is 1. The van der Waals surface area contributed by atoms with Crippen LogP contribution in [0.15, 0.2) is 24.8 Å². The molecule has 1 aliphatic rings. The van der Waals surface area contributed by atoms with Gasteiger partial charge in [-0.3, -0.25) is 4.79 Å². The molecule has 1 amide bonds. The van der Waals surface area contributed by atoms with Crippen LogP contribution in [0, 0.1) is 0 Å². The van der Waals surface area contributed by atoms with Crippen molar-refractivity contribution in [3.05, 3.63) is 34.8 Å². The average molecular weight is 287 g/mol. The van der Waals surface area contributed by atoms with Gasteiger partial charge < -0.3 is 15.4 Å². The minimum absolute atomic E-state index is 0.195. The Balaban J connectivity index is 2.12. The molecule has 1 unspecified atom stereocenters. The largest absolute Gasteiger partial charge is 0.476 e. The second-order valence-electron chi connectivity index (χ2n) is 3.78. The third-order valence-electron chi connectivity index (χ3n) is 2.48. The van der Waals surface area contributed by atoms with E-state index in [0.29, 0.717) is 28.9 Å². The molecule has 6 heteroatoms. The third-order valence-corrected chi connectivity index (χ3v) is 3.20. The molecule has 2 N–H and O–H groups in total. The number of carbonyl (C=O) groups is 1. The fourth-order valence-electron chi connectivity index (χ4n) is 1.59. The van der Waals surface area contributed by atoms with Crippen molar-refractivity contribution in [3.8, 4) is 5.75 Å². The lowest BCUT2D eigenvalue weighted by Gasteiger charge is -2.26. The van der Waals surface area contributed by atoms with Crippen LogP contribution in [-0.2, 0) is 4.79 Å². The van der Waals surface area contributed by atoms with E-state index in [4.69, 9.17) is 27.9 Å². The van der Waals surface area contributed by atoms with Gasteiger partial charge in [0, 0.05) is 12.6 Å². The second-order valence-corrected chi connectivity index (χ2v) is 4.60. The van der Waals surface area contributed by atoms with Gasteiger partial charge in [-0.05, 0) is 6.07 Å². The van der Waals surface area contributed by atoms with Crippen LogP contribution in [0.5, 0.6) is 5.75 Å². The Labute approximate surface area is 115 Å². The van der Waals surface area contributed by atoms with Crippen molar-refractivity contribution in [3.63, 3.8) is 0 Å². The topological polar surface area (TPSA) is 50.4 Å². The van der Waals surface area contributed by atoms with Crippen molar-refractivity contribution in [2.45, 2.75) is 6.10 Å². The Hall–Kier alpha value is -1.39. The van der Waals surface area contributed by atoms with E-state index in [-0.39, 0.29) is 5.91 Å². The van der Waals surface area contributed by atoms with Crippen molar-refractivity contribution >= 4 is 34.8 Å². The van der Waals surface area contributed by atoms with Crippen molar-refractivity contribution in [2.75, 3.05) is 18.4 Å². The summed E-state index contributed by atoms with van der Waals surface area (Å²) in [4.78, 5) is 11.7. The van der Waals surface area contributed by atoms with Gasteiger partial charge in [-0.25, -0.2) is 0 Å². The molecule has 96 valence electrons. The van der Waals surface area contributed by atoms with Crippen LogP contribution >= 0.6 is 23.2 Å². The summed E-state index contributed by atoms with van der Waals surface area (Å²) < 4.78 is 5.57. The summed E-state index contributed by atoms with van der Waals surface area (Å²) in [5.74, 6) is 0.327. The van der Waals surface area contributed by atoms with Crippen LogP contribution in [0.2, 0.25) is 10.0 Å². The number of amides is 1. The van der Waals surface area contributed by atoms with Gasteiger partial charge >= 0.3 is 0 Å². The van der Waals surface area contributed by atoms with Gasteiger partial charge in [0.1, 0.15) is 5.75 Å². The van der Waals surface area contributed by atoms with E-state index in [9.17, 15) is 4.79 Å². The number of fused-ring (bicyclic) bond motifs is 1. The molecular weight excluding hydrogens is 275 g/mol. The monoisotopic (exact) mass is 286 g/mol. The number of halogens is 2. The molecule has 0 radical (unpaired) electrons. The fourth-order valence-corrected chi connectivity index (χ4v) is 1.91. The van der Waals surface area contributed by atoms with Gasteiger partial charge in [0.2, 0.25) is 0 Å². The van der Waals surface area contributed by atoms with Gasteiger partial charge in [-0.15, -0.1) is 6.58 Å². The first-order valence-corrected chi connectivity index (χ1v) is 6.15. The molecule has 2 rings (SSSR count). The number of nitrogens with one attached hydrogen (secondary N) is 2. The molecule has 1 heterocycles. The molecule has 18 heavy (non-hydrogen) atoms. The van der Waals surface area contributed by atoms with Gasteiger partial charge in [0.05, 0.1) is 22.3 Å². The van der Waals surface area contributed by atoms with E-state index in [1.807, 2.05) is 0 Å². The lowest BCUT2D eigenvalue weighted by molar-refractivity contribution is -0.127. The number of rotatable bonds is 3. The Kier molecular flexibility index (Phi) is 3.99. The molecule has 0 bridgehead atoms. The Morgan fingerprint density at radius 2 is 2.28 bits per heavy atom. The summed E-state index contributed by atoms with van der Waals surface area (Å²) in [7, 11) is 0. The van der Waals surface area contributed by atoms with Crippen LogP contribution < -0.4 is 15.4 Å². The quantitative estimate of drug-likeness (QED) is 0.840. The van der Waals surface area contributed by atoms with Gasteiger partial charge in [0.25, 0.3) is 5.91 Å². The summed E-state index contributed by atoms with van der Waals surface area (Å²) in [6, 6.07) is 3.27. The molecule has 0 aliphatic carbocycles. The van der Waals surface area contributed by atoms with Crippen molar-refractivity contribution in [1.29, 1.82) is 0 Å². The minimum Gasteiger partial charge on any atom is -0.476 e. The predicted molar refractivity (Wildman–Crippen MR) is 72.6 cm³/mol. The maximum Gasteiger partial charge on any atom is 0.263 e. The molecule has 4 nitrogen and oxygen atoms in total. The third kappa shape index (κ3) is 2.71. The molecule has 0 aromatic heterocycles. The van der Waals surface area contributed by atoms with Crippen molar-refractivity contribution in [2.24, 2.45) is 0 Å². The predicted octanol–water partition coefficient (Wildman–Crippen LogP) is 2.47. The molecule has 1 aromatic carbocycles. The van der Waals surface area contributed by atoms with E-state index >= 15 is 0 Å². The van der Waals surface area contributed by atoms with Crippen molar-refractivity contribution < 1.29 is 9.53 Å². The zero-order valence-electron chi connectivity index (χ0n) is 9.50. The molecule has 0 spiro atoms. The second kappa shape index (κ2) is 5.50. The lowest BCUT2D eigenvalue weighted by atomic mass is 10.2. The Morgan fingerprint density at radius 1 is 1.56 bits per heavy atom. The van der Waals surface area contributed by atoms with E-state index < -0.39 is 6.10 Å². The SMILES string of the molecule is C=CCNC(=O)C1CNc2cc(Cl)c(Cl)cc2O1. The summed E-state index contributed by atoms with van der Waals surface area (Å²) in [6.07, 6.45) is 1.02. The van der Waals surface area contributed by atoms with Crippen molar-refractivity contribution in [1.82, 2.24) is 5.32 Å². The van der Waals surface area contributed by atoms with E-state index in [1.165, 1.54) is 0 Å². The standard InChI is InChI=1S/C12H12Cl2N2O2/c1-2-3-15-12(17)11-6-16-9-4-7(13)8(14)5-10(9)18-11/h2,4-5,11,16H,1,3,6H2,(H,15,17). The summed E-state index contributed by atoms with van der Waals surface area (Å²) in [5, 5.41) is 6.60. The van der Waals surface area contributed by atoms with Gasteiger partial charge in [0.15, 0.2) is 6.10 Å². The Morgan fingerprint density at radius 3 is 3.00 bits per heavy atom. The van der Waals surface area contributed by atoms with Gasteiger partial charge in [-0.1, -0.05) is 29.3 Å². The highest BCUT2D eigenvalue weighted by Gasteiger charge is 2.26. The van der Waals surface area contributed by atoms with E-state index in [1.54, 1.807) is 18.2 Å². The normalized spacial score (nSPS) is 17.1. The first-order valence-electron chi connectivity index (χ1n) is 5.40. The number of hydrogen-bond donors (Lipinski definition) is 2. The zero-order valence-corrected chi connectivity index (χ0v) is 11.0. The first kappa shape index (κ1) is 13.1. The average Bonchev–Trinajstić information content (AvgIpc) is 2.36. The first-order chi connectivity index (χ1) is 8.61. The summed E-state index contributed by atoms with van der Waals surface area (Å²) in [5.41, 5.74) is 0.733. The highest BCUT2D eigenvalue weighted by Crippen LogP contribution is 2.36.